The third-order valence-electron chi connectivity index (χ3n) is 6.42. The van der Waals surface area contributed by atoms with Crippen molar-refractivity contribution >= 4 is 40.1 Å². The summed E-state index contributed by atoms with van der Waals surface area (Å²) in [6.07, 6.45) is 0. The van der Waals surface area contributed by atoms with Crippen LogP contribution in [0.5, 0.6) is 0 Å². The summed E-state index contributed by atoms with van der Waals surface area (Å²) in [5.41, 5.74) is 2.79. The first-order valence-electron chi connectivity index (χ1n) is 9.31. The lowest BCUT2D eigenvalue weighted by molar-refractivity contribution is -0.117. The standard InChI is InChI=1S/C25H18Cl2O/c1-23-22(28)20(17-11-5-2-6-12-17)21(18-13-7-3-8-14-18)24(23,25(23,26)27)19-15-9-4-10-16-19/h2-16H,1H3/t23-,24+/m0/s1. The molecule has 0 unspecified atom stereocenters. The largest absolute Gasteiger partial charge is 0.293 e. The Balaban J connectivity index is 1.91. The molecule has 2 atom stereocenters. The van der Waals surface area contributed by atoms with Crippen LogP contribution in [0.4, 0.5) is 0 Å². The molecule has 1 nitrogen and oxygen atoms in total. The van der Waals surface area contributed by atoms with Crippen molar-refractivity contribution in [2.75, 3.05) is 0 Å². The topological polar surface area (TPSA) is 17.1 Å². The maximum absolute atomic E-state index is 13.8. The summed E-state index contributed by atoms with van der Waals surface area (Å²) in [6, 6.07) is 29.8. The number of allylic oxidation sites excluding steroid dienone is 2. The molecule has 0 saturated heterocycles. The minimum Gasteiger partial charge on any atom is -0.293 e. The third kappa shape index (κ3) is 1.87. The average Bonchev–Trinajstić information content (AvgIpc) is 3.02. The zero-order chi connectivity index (χ0) is 19.6. The Kier molecular flexibility index (Phi) is 3.69. The van der Waals surface area contributed by atoms with Crippen molar-refractivity contribution in [3.05, 3.63) is 108 Å². The fourth-order valence-electron chi connectivity index (χ4n) is 5.05. The molecule has 3 aromatic carbocycles. The van der Waals surface area contributed by atoms with E-state index in [-0.39, 0.29) is 5.78 Å². The highest BCUT2D eigenvalue weighted by atomic mass is 35.5. The predicted molar refractivity (Wildman–Crippen MR) is 115 cm³/mol. The van der Waals surface area contributed by atoms with Gasteiger partial charge in [-0.15, -0.1) is 0 Å². The van der Waals surface area contributed by atoms with Gasteiger partial charge in [0.1, 0.15) is 4.33 Å². The number of carbonyl (C=O) groups is 1. The summed E-state index contributed by atoms with van der Waals surface area (Å²) >= 11 is 13.9. The number of halogens is 2. The van der Waals surface area contributed by atoms with Crippen LogP contribution >= 0.6 is 23.2 Å². The zero-order valence-electron chi connectivity index (χ0n) is 15.3. The monoisotopic (exact) mass is 404 g/mol. The number of hydrogen-bond donors (Lipinski definition) is 0. The fourth-order valence-corrected chi connectivity index (χ4v) is 6.19. The summed E-state index contributed by atoms with van der Waals surface area (Å²) in [5.74, 6) is 0.00593. The first kappa shape index (κ1) is 17.7. The second kappa shape index (κ2) is 5.83. The van der Waals surface area contributed by atoms with Gasteiger partial charge in [-0.3, -0.25) is 4.79 Å². The molecule has 28 heavy (non-hydrogen) atoms. The highest BCUT2D eigenvalue weighted by molar-refractivity contribution is 6.61. The average molecular weight is 405 g/mol. The van der Waals surface area contributed by atoms with Gasteiger partial charge in [0.2, 0.25) is 0 Å². The van der Waals surface area contributed by atoms with E-state index in [9.17, 15) is 4.79 Å². The molecule has 0 N–H and O–H groups in total. The predicted octanol–water partition coefficient (Wildman–Crippen LogP) is 6.31. The number of ketones is 1. The molecule has 2 aliphatic rings. The molecule has 138 valence electrons. The molecule has 0 radical (unpaired) electrons. The summed E-state index contributed by atoms with van der Waals surface area (Å²) in [7, 11) is 0. The minimum atomic E-state index is -1.21. The molecule has 1 fully saturated rings. The van der Waals surface area contributed by atoms with Crippen LogP contribution < -0.4 is 0 Å². The number of rotatable bonds is 3. The summed E-state index contributed by atoms with van der Waals surface area (Å²) in [5, 5.41) is 0. The van der Waals surface area contributed by atoms with Gasteiger partial charge in [-0.2, -0.15) is 0 Å². The van der Waals surface area contributed by atoms with Crippen molar-refractivity contribution in [2.24, 2.45) is 5.41 Å². The van der Waals surface area contributed by atoms with Crippen LogP contribution in [-0.2, 0) is 10.2 Å². The Morgan fingerprint density at radius 1 is 0.679 bits per heavy atom. The fraction of sp³-hybridized carbons (Fsp3) is 0.160. The minimum absolute atomic E-state index is 0.00593. The van der Waals surface area contributed by atoms with E-state index in [1.54, 1.807) is 0 Å². The SMILES string of the molecule is C[C@]12C(=O)C(c3ccccc3)=C(c3ccccc3)[C@@]1(c1ccccc1)C2(Cl)Cl. The first-order valence-corrected chi connectivity index (χ1v) is 10.1. The second-order valence-electron chi connectivity index (χ2n) is 7.63. The molecule has 0 spiro atoms. The van der Waals surface area contributed by atoms with Crippen molar-refractivity contribution in [3.8, 4) is 0 Å². The van der Waals surface area contributed by atoms with Crippen LogP contribution in [0.15, 0.2) is 91.0 Å². The molecule has 2 aliphatic carbocycles. The summed E-state index contributed by atoms with van der Waals surface area (Å²) < 4.78 is -1.21. The molecule has 0 aliphatic heterocycles. The van der Waals surface area contributed by atoms with Crippen LogP contribution in [-0.4, -0.2) is 10.1 Å². The summed E-state index contributed by atoms with van der Waals surface area (Å²) in [4.78, 5) is 13.8. The lowest BCUT2D eigenvalue weighted by atomic mass is 9.80. The van der Waals surface area contributed by atoms with Gasteiger partial charge in [-0.1, -0.05) is 114 Å². The Morgan fingerprint density at radius 2 is 1.14 bits per heavy atom. The van der Waals surface area contributed by atoms with Crippen LogP contribution in [0.2, 0.25) is 0 Å². The molecule has 0 amide bonds. The Hall–Kier alpha value is -2.35. The van der Waals surface area contributed by atoms with Gasteiger partial charge in [-0.05, 0) is 29.2 Å². The smallest absolute Gasteiger partial charge is 0.174 e. The summed E-state index contributed by atoms with van der Waals surface area (Å²) in [6.45, 7) is 1.90. The van der Waals surface area contributed by atoms with E-state index in [2.05, 4.69) is 0 Å². The highest BCUT2D eigenvalue weighted by Gasteiger charge is 2.92. The second-order valence-corrected chi connectivity index (χ2v) is 8.95. The van der Waals surface area contributed by atoms with E-state index in [0.717, 1.165) is 27.8 Å². The van der Waals surface area contributed by atoms with Crippen molar-refractivity contribution in [3.63, 3.8) is 0 Å². The van der Waals surface area contributed by atoms with Gasteiger partial charge in [0.05, 0.1) is 10.8 Å². The molecule has 3 aromatic rings. The van der Waals surface area contributed by atoms with E-state index in [1.807, 2.05) is 97.9 Å². The molecular weight excluding hydrogens is 387 g/mol. The molecule has 3 heteroatoms. The van der Waals surface area contributed by atoms with E-state index in [4.69, 9.17) is 23.2 Å². The molecule has 0 aromatic heterocycles. The van der Waals surface area contributed by atoms with Gasteiger partial charge in [0.15, 0.2) is 5.78 Å². The van der Waals surface area contributed by atoms with E-state index < -0.39 is 15.2 Å². The molecular formula is C25H18Cl2O. The van der Waals surface area contributed by atoms with Crippen LogP contribution in [0.25, 0.3) is 11.1 Å². The lowest BCUT2D eigenvalue weighted by Gasteiger charge is -2.23. The van der Waals surface area contributed by atoms with Crippen molar-refractivity contribution in [2.45, 2.75) is 16.7 Å². The number of carbonyl (C=O) groups excluding carboxylic acids is 1. The van der Waals surface area contributed by atoms with Crippen LogP contribution in [0.3, 0.4) is 0 Å². The third-order valence-corrected chi connectivity index (χ3v) is 7.75. The molecule has 1 saturated carbocycles. The van der Waals surface area contributed by atoms with Gasteiger partial charge >= 0.3 is 0 Å². The quantitative estimate of drug-likeness (QED) is 0.467. The van der Waals surface area contributed by atoms with Crippen molar-refractivity contribution in [1.82, 2.24) is 0 Å². The lowest BCUT2D eigenvalue weighted by Crippen LogP contribution is -2.19. The first-order chi connectivity index (χ1) is 13.5. The Morgan fingerprint density at radius 3 is 1.68 bits per heavy atom. The highest BCUT2D eigenvalue weighted by Crippen LogP contribution is 2.86. The van der Waals surface area contributed by atoms with Gasteiger partial charge in [0, 0.05) is 5.57 Å². The Labute approximate surface area is 174 Å². The number of alkyl halides is 2. The zero-order valence-corrected chi connectivity index (χ0v) is 16.8. The van der Waals surface area contributed by atoms with Crippen molar-refractivity contribution in [1.29, 1.82) is 0 Å². The number of benzene rings is 3. The van der Waals surface area contributed by atoms with E-state index in [1.165, 1.54) is 0 Å². The van der Waals surface area contributed by atoms with Crippen LogP contribution in [0, 0.1) is 5.41 Å². The van der Waals surface area contributed by atoms with E-state index in [0.29, 0.717) is 0 Å². The molecule has 0 heterocycles. The van der Waals surface area contributed by atoms with Crippen molar-refractivity contribution < 1.29 is 4.79 Å². The number of hydrogen-bond acceptors (Lipinski definition) is 1. The normalized spacial score (nSPS) is 27.6. The van der Waals surface area contributed by atoms with Gasteiger partial charge in [-0.25, -0.2) is 0 Å². The number of Topliss-reactive ketones (excluding diaryl/α,β-unsaturated/α-hetero) is 1. The van der Waals surface area contributed by atoms with Gasteiger partial charge in [0.25, 0.3) is 0 Å². The molecule has 0 bridgehead atoms. The Bertz CT molecular complexity index is 1100. The van der Waals surface area contributed by atoms with Gasteiger partial charge < -0.3 is 0 Å². The maximum Gasteiger partial charge on any atom is 0.174 e. The molecule has 5 rings (SSSR count). The van der Waals surface area contributed by atoms with E-state index >= 15 is 0 Å². The number of fused-ring (bicyclic) bond motifs is 1. The maximum atomic E-state index is 13.8. The van der Waals surface area contributed by atoms with Crippen LogP contribution in [0.1, 0.15) is 23.6 Å².